The van der Waals surface area contributed by atoms with Gasteiger partial charge in [0.05, 0.1) is 24.2 Å². The third-order valence-corrected chi connectivity index (χ3v) is 11.6. The number of aliphatic hydroxyl groups is 1. The Morgan fingerprint density at radius 2 is 1.68 bits per heavy atom. The molecule has 3 fully saturated rings. The van der Waals surface area contributed by atoms with Gasteiger partial charge in [0, 0.05) is 29.6 Å². The van der Waals surface area contributed by atoms with Crippen molar-refractivity contribution in [3.63, 3.8) is 0 Å². The smallest absolute Gasteiger partial charge is 0.410 e. The van der Waals surface area contributed by atoms with Crippen molar-refractivity contribution in [3.05, 3.63) is 23.8 Å². The Hall–Kier alpha value is -2.11. The normalized spacial score (nSPS) is 37.8. The number of hydrogen-bond acceptors (Lipinski definition) is 10. The molecule has 10 nitrogen and oxygen atoms in total. The summed E-state index contributed by atoms with van der Waals surface area (Å²) >= 11 is 7.90. The van der Waals surface area contributed by atoms with E-state index in [1.807, 2.05) is 26.8 Å². The number of hydrogen-bond donors (Lipinski definition) is 1. The highest BCUT2D eigenvalue weighted by Crippen LogP contribution is 2.72. The third kappa shape index (κ3) is 5.28. The quantitative estimate of drug-likeness (QED) is 0.181. The molecule has 246 valence electrons. The predicted molar refractivity (Wildman–Crippen MR) is 160 cm³/mol. The monoisotopic (exact) mass is 638 g/mol. The molecule has 4 rings (SSSR count). The average molecular weight is 639 g/mol. The minimum absolute atomic E-state index is 0.0412. The highest BCUT2D eigenvalue weighted by Gasteiger charge is 2.77. The highest BCUT2D eigenvalue weighted by molar-refractivity contribution is 6.26. The molecule has 0 amide bonds. The number of allylic oxidation sites excluding steroid dienone is 4. The molecule has 4 aliphatic carbocycles. The maximum atomic E-state index is 14.3. The van der Waals surface area contributed by atoms with Crippen LogP contribution in [0.25, 0.3) is 0 Å². The molecule has 0 radical (unpaired) electrons. The Morgan fingerprint density at radius 3 is 2.27 bits per heavy atom. The molecule has 4 aliphatic rings. The van der Waals surface area contributed by atoms with Gasteiger partial charge in [0.1, 0.15) is 0 Å². The lowest BCUT2D eigenvalue weighted by Gasteiger charge is -2.65. The van der Waals surface area contributed by atoms with E-state index in [-0.39, 0.29) is 50.1 Å². The van der Waals surface area contributed by atoms with Gasteiger partial charge in [0.2, 0.25) is 5.78 Å². The third-order valence-electron chi connectivity index (χ3n) is 10.7. The number of fused-ring (bicyclic) bond motifs is 5. The highest BCUT2D eigenvalue weighted by atomic mass is 35.5. The Labute approximate surface area is 264 Å². The fourth-order valence-electron chi connectivity index (χ4n) is 8.75. The molecule has 0 aromatic rings. The van der Waals surface area contributed by atoms with E-state index in [9.17, 15) is 24.3 Å². The van der Waals surface area contributed by atoms with Crippen LogP contribution in [0.5, 0.6) is 0 Å². The van der Waals surface area contributed by atoms with E-state index in [2.05, 4.69) is 0 Å². The Kier molecular flexibility index (Phi) is 9.94. The van der Waals surface area contributed by atoms with Gasteiger partial charge >= 0.3 is 18.1 Å². The van der Waals surface area contributed by atoms with Crippen molar-refractivity contribution in [2.45, 2.75) is 110 Å². The van der Waals surface area contributed by atoms with Gasteiger partial charge in [-0.1, -0.05) is 46.3 Å². The first-order valence-electron chi connectivity index (χ1n) is 15.8. The van der Waals surface area contributed by atoms with Crippen LogP contribution in [0.2, 0.25) is 0 Å². The molecule has 0 aliphatic heterocycles. The first kappa shape index (κ1) is 34.8. The number of halogens is 1. The number of ether oxygens (including phenoxy) is 5. The zero-order valence-electron chi connectivity index (χ0n) is 26.9. The van der Waals surface area contributed by atoms with Crippen LogP contribution >= 0.6 is 11.6 Å². The maximum Gasteiger partial charge on any atom is 0.410 e. The molecule has 44 heavy (non-hydrogen) atoms. The van der Waals surface area contributed by atoms with Crippen molar-refractivity contribution in [2.24, 2.45) is 28.6 Å². The van der Waals surface area contributed by atoms with Gasteiger partial charge in [-0.25, -0.2) is 0 Å². The fourth-order valence-corrected chi connectivity index (χ4v) is 9.32. The van der Waals surface area contributed by atoms with Crippen LogP contribution in [0.3, 0.4) is 0 Å². The lowest BCUT2D eigenvalue weighted by molar-refractivity contribution is -0.499. The van der Waals surface area contributed by atoms with Crippen molar-refractivity contribution < 1.29 is 48.0 Å². The molecule has 0 aromatic carbocycles. The van der Waals surface area contributed by atoms with Gasteiger partial charge in [-0.3, -0.25) is 23.9 Å². The van der Waals surface area contributed by atoms with E-state index < -0.39 is 63.8 Å². The minimum Gasteiger partial charge on any atom is -0.457 e. The summed E-state index contributed by atoms with van der Waals surface area (Å²) < 4.78 is 29.1. The summed E-state index contributed by atoms with van der Waals surface area (Å²) in [5, 5.41) is 11.4. The van der Waals surface area contributed by atoms with Gasteiger partial charge in [0.25, 0.3) is 0 Å². The number of carbonyl (C=O) groups excluding carboxylic acids is 4. The number of rotatable bonds is 12. The predicted octanol–water partition coefficient (Wildman–Crippen LogP) is 4.79. The summed E-state index contributed by atoms with van der Waals surface area (Å²) in [7, 11) is 0. The summed E-state index contributed by atoms with van der Waals surface area (Å²) in [5.74, 6) is -2.71. The molecule has 0 spiro atoms. The van der Waals surface area contributed by atoms with Crippen molar-refractivity contribution in [1.29, 1.82) is 0 Å². The van der Waals surface area contributed by atoms with Crippen LogP contribution in [0.4, 0.5) is 0 Å². The van der Waals surface area contributed by atoms with E-state index in [4.69, 9.17) is 35.3 Å². The Morgan fingerprint density at radius 1 is 1.05 bits per heavy atom. The number of esters is 2. The molecular weight excluding hydrogens is 592 g/mol. The standard InChI is InChI=1S/C33H47ClO10/c1-8-27(37)40-19-25(36)32(44-28(38)9-2)20(5)16-24-23-13-12-21-17-22(35)14-15-29(21,6)31(23,34)26(18-30(24,32)7)43-33(39,41-10-3)42-11-4/h14-15,17,20,23-24,26,39H,8-13,16,18-19H2,1-7H3/t20-,23-,24-,26-,29-,30-,31?,32-/m0/s1. The second-order valence-electron chi connectivity index (χ2n) is 12.9. The van der Waals surface area contributed by atoms with Crippen molar-refractivity contribution in [1.82, 2.24) is 0 Å². The van der Waals surface area contributed by atoms with E-state index >= 15 is 0 Å². The molecule has 0 saturated heterocycles. The van der Waals surface area contributed by atoms with Gasteiger partial charge in [-0.05, 0) is 63.5 Å². The Bertz CT molecular complexity index is 1220. The van der Waals surface area contributed by atoms with Crippen molar-refractivity contribution in [3.8, 4) is 0 Å². The molecule has 0 bridgehead atoms. The number of carbonyl (C=O) groups is 4. The zero-order valence-corrected chi connectivity index (χ0v) is 27.7. The molecule has 0 heterocycles. The van der Waals surface area contributed by atoms with Gasteiger partial charge < -0.3 is 24.1 Å². The lowest BCUT2D eigenvalue weighted by atomic mass is 9.45. The van der Waals surface area contributed by atoms with Crippen LogP contribution in [-0.4, -0.2) is 71.2 Å². The summed E-state index contributed by atoms with van der Waals surface area (Å²) in [6.45, 7) is 12.0. The molecular formula is C33H47ClO10. The minimum atomic E-state index is -2.46. The molecule has 8 atom stereocenters. The van der Waals surface area contributed by atoms with Crippen LogP contribution in [0.1, 0.15) is 87.0 Å². The Balaban J connectivity index is 1.92. The summed E-state index contributed by atoms with van der Waals surface area (Å²) in [4.78, 5) is 50.7. The zero-order chi connectivity index (χ0) is 32.7. The first-order chi connectivity index (χ1) is 20.6. The summed E-state index contributed by atoms with van der Waals surface area (Å²) in [6.07, 6.45) is 3.35. The van der Waals surface area contributed by atoms with E-state index in [0.29, 0.717) is 19.3 Å². The summed E-state index contributed by atoms with van der Waals surface area (Å²) in [5.41, 5.74) is -2.71. The molecule has 11 heteroatoms. The van der Waals surface area contributed by atoms with Gasteiger partial charge in [-0.15, -0.1) is 11.6 Å². The molecule has 1 N–H and O–H groups in total. The van der Waals surface area contributed by atoms with E-state index in [1.165, 1.54) is 6.08 Å². The second kappa shape index (κ2) is 12.6. The maximum absolute atomic E-state index is 14.3. The molecule has 3 saturated carbocycles. The largest absolute Gasteiger partial charge is 0.457 e. The number of alkyl halides is 1. The van der Waals surface area contributed by atoms with Crippen LogP contribution in [0, 0.1) is 28.6 Å². The molecule has 1 unspecified atom stereocenters. The van der Waals surface area contributed by atoms with Gasteiger partial charge in [-0.2, -0.15) is 0 Å². The van der Waals surface area contributed by atoms with Crippen molar-refractivity contribution in [2.75, 3.05) is 19.8 Å². The topological polar surface area (TPSA) is 135 Å². The van der Waals surface area contributed by atoms with Crippen LogP contribution in [-0.2, 0) is 42.9 Å². The fraction of sp³-hybridized carbons (Fsp3) is 0.758. The SMILES string of the molecule is CCOC(O)(OCC)O[C@H]1C[C@@]2(C)[C@@H](C[C@H](C)[C@]2(OC(=O)CC)C(=O)COC(=O)CC)[C@@H]2CCC3=CC(=O)C=C[C@]3(C)C12Cl. The van der Waals surface area contributed by atoms with Crippen molar-refractivity contribution >= 4 is 35.1 Å². The second-order valence-corrected chi connectivity index (χ2v) is 13.5. The number of Topliss-reactive ketones (excluding diaryl/α,β-unsaturated/α-hetero) is 1. The van der Waals surface area contributed by atoms with Crippen LogP contribution in [0.15, 0.2) is 23.8 Å². The first-order valence-corrected chi connectivity index (χ1v) is 16.2. The lowest BCUT2D eigenvalue weighted by Crippen LogP contribution is -2.71. The van der Waals surface area contributed by atoms with E-state index in [1.54, 1.807) is 33.8 Å². The van der Waals surface area contributed by atoms with Gasteiger partial charge in [0.15, 0.2) is 18.0 Å². The molecule has 0 aromatic heterocycles. The van der Waals surface area contributed by atoms with Crippen LogP contribution < -0.4 is 0 Å². The average Bonchev–Trinajstić information content (AvgIpc) is 3.18. The van der Waals surface area contributed by atoms with E-state index in [0.717, 1.165) is 5.57 Å². The number of ketones is 2. The summed E-state index contributed by atoms with van der Waals surface area (Å²) in [6, 6.07) is 0.